The predicted octanol–water partition coefficient (Wildman–Crippen LogP) is 2.42. The monoisotopic (exact) mass is 255 g/mol. The molecule has 88 valence electrons. The first-order valence-corrected chi connectivity index (χ1v) is 5.89. The molecule has 0 radical (unpaired) electrons. The van der Waals surface area contributed by atoms with Crippen LogP contribution < -0.4 is 51.4 Å². The summed E-state index contributed by atoms with van der Waals surface area (Å²) in [5, 5.41) is 4.42. The van der Waals surface area contributed by atoms with Crippen molar-refractivity contribution in [3.05, 3.63) is 47.3 Å². The topological polar surface area (TPSA) is 14.1 Å². The number of hydrogen-bond acceptors (Lipinski definition) is 0. The average Bonchev–Trinajstić information content (AvgIpc) is 2.33. The van der Waals surface area contributed by atoms with Gasteiger partial charge >= 0.3 is 51.4 Å². The van der Waals surface area contributed by atoms with Crippen molar-refractivity contribution < 1.29 is 51.4 Å². The third-order valence-corrected chi connectivity index (χ3v) is 2.00. The van der Waals surface area contributed by atoms with E-state index in [4.69, 9.17) is 0 Å². The van der Waals surface area contributed by atoms with Crippen LogP contribution in [0.15, 0.2) is 30.9 Å². The molecule has 0 aliphatic heterocycles. The van der Waals surface area contributed by atoms with E-state index in [1.807, 2.05) is 52.0 Å². The molecule has 2 heteroatoms. The van der Waals surface area contributed by atoms with E-state index < -0.39 is 0 Å². The van der Waals surface area contributed by atoms with Gasteiger partial charge in [0.25, 0.3) is 0 Å². The minimum atomic E-state index is 0. The van der Waals surface area contributed by atoms with Crippen molar-refractivity contribution in [3.8, 4) is 0 Å². The molecule has 0 aliphatic carbocycles. The smallest absolute Gasteiger partial charge is 0.684 e. The van der Waals surface area contributed by atoms with Gasteiger partial charge in [0.05, 0.1) is 0 Å². The van der Waals surface area contributed by atoms with E-state index in [2.05, 4.69) is 24.0 Å². The molecule has 0 unspecified atom stereocenters. The van der Waals surface area contributed by atoms with Crippen molar-refractivity contribution in [2.75, 3.05) is 6.54 Å². The summed E-state index contributed by atoms with van der Waals surface area (Å²) < 4.78 is 0. The Morgan fingerprint density at radius 1 is 1.29 bits per heavy atom. The summed E-state index contributed by atoms with van der Waals surface area (Å²) in [6, 6.07) is 6.12. The maximum absolute atomic E-state index is 4.42. The van der Waals surface area contributed by atoms with E-state index in [0.29, 0.717) is 0 Å². The molecule has 0 saturated heterocycles. The van der Waals surface area contributed by atoms with E-state index in [0.717, 1.165) is 17.8 Å². The molecule has 0 atom stereocenters. The largest absolute Gasteiger partial charge is 1.00 e. The molecule has 1 rings (SSSR count). The molecule has 0 amide bonds. The zero-order valence-corrected chi connectivity index (χ0v) is 14.9. The van der Waals surface area contributed by atoms with Gasteiger partial charge in [-0.05, 0) is 18.1 Å². The van der Waals surface area contributed by atoms with Gasteiger partial charge in [-0.2, -0.15) is 0 Å². The summed E-state index contributed by atoms with van der Waals surface area (Å²) in [6.07, 6.45) is 5.97. The van der Waals surface area contributed by atoms with Crippen LogP contribution in [0.4, 0.5) is 5.69 Å². The Hall–Kier alpha value is 0.136. The van der Waals surface area contributed by atoms with Gasteiger partial charge in [0.2, 0.25) is 0 Å². The average molecular weight is 255 g/mol. The third kappa shape index (κ3) is 6.58. The summed E-state index contributed by atoms with van der Waals surface area (Å²) in [4.78, 5) is 0. The molecule has 1 aromatic rings. The summed E-state index contributed by atoms with van der Waals surface area (Å²) in [6.45, 7) is 12.7. The van der Waals surface area contributed by atoms with E-state index >= 15 is 0 Å². The van der Waals surface area contributed by atoms with Crippen LogP contribution in [0.1, 0.15) is 38.8 Å². The van der Waals surface area contributed by atoms with Crippen LogP contribution in [0.2, 0.25) is 0 Å². The molecule has 1 aromatic carbocycles. The molecular weight excluding hydrogens is 233 g/mol. The van der Waals surface area contributed by atoms with Crippen molar-refractivity contribution in [2.24, 2.45) is 0 Å². The summed E-state index contributed by atoms with van der Waals surface area (Å²) >= 11 is 0. The van der Waals surface area contributed by atoms with E-state index in [1.165, 1.54) is 5.56 Å². The van der Waals surface area contributed by atoms with E-state index in [9.17, 15) is 0 Å². The van der Waals surface area contributed by atoms with Crippen molar-refractivity contribution >= 4 is 17.8 Å². The zero-order chi connectivity index (χ0) is 12.4. The number of hydrogen-bond donors (Lipinski definition) is 0. The van der Waals surface area contributed by atoms with Crippen LogP contribution >= 0.6 is 0 Å². The second-order valence-electron chi connectivity index (χ2n) is 2.96. The number of benzene rings is 1. The maximum Gasteiger partial charge on any atom is 1.00 e. The molecule has 0 aliphatic rings. The number of rotatable bonds is 4. The third-order valence-electron chi connectivity index (χ3n) is 2.00. The molecule has 0 aromatic heterocycles. The molecule has 0 bridgehead atoms. The minimum absolute atomic E-state index is 0. The van der Waals surface area contributed by atoms with Crippen LogP contribution in [-0.4, -0.2) is 6.54 Å². The Morgan fingerprint density at radius 2 is 1.94 bits per heavy atom. The Kier molecular flexibility index (Phi) is 14.4. The van der Waals surface area contributed by atoms with Crippen molar-refractivity contribution in [1.29, 1.82) is 0 Å². The molecule has 0 spiro atoms. The standard InChI is InChI=1S/C13H16N.C2H6.K/c1-4-8-11-9-7-10-13(14-6-3)12(11)5-2;1-2;/h4-5,7-10H,2,6H2,1,3H3;1-2H3;/q-1;;+1/b8-4-;;. The first kappa shape index (κ1) is 19.5. The number of nitrogens with zero attached hydrogens (tertiary/aromatic N) is 1. The van der Waals surface area contributed by atoms with Crippen molar-refractivity contribution in [2.45, 2.75) is 27.7 Å². The van der Waals surface area contributed by atoms with Crippen LogP contribution in [0.3, 0.4) is 0 Å². The molecule has 0 heterocycles. The van der Waals surface area contributed by atoms with Gasteiger partial charge < -0.3 is 5.32 Å². The SMILES string of the molecule is C=Cc1c(/C=C\C)cccc1[N-]CC.CC.[K+]. The zero-order valence-electron chi connectivity index (χ0n) is 11.8. The Balaban J connectivity index is 0. The summed E-state index contributed by atoms with van der Waals surface area (Å²) in [7, 11) is 0. The molecular formula is C15H22KN. The van der Waals surface area contributed by atoms with Gasteiger partial charge in [-0.15, -0.1) is 12.2 Å². The maximum atomic E-state index is 4.42. The fourth-order valence-corrected chi connectivity index (χ4v) is 1.43. The fraction of sp³-hybridized carbons (Fsp3) is 0.333. The molecule has 0 saturated carbocycles. The first-order chi connectivity index (χ1) is 7.83. The van der Waals surface area contributed by atoms with Gasteiger partial charge in [0, 0.05) is 0 Å². The van der Waals surface area contributed by atoms with Crippen LogP contribution in [0.25, 0.3) is 17.5 Å². The molecule has 0 fully saturated rings. The first-order valence-electron chi connectivity index (χ1n) is 5.89. The van der Waals surface area contributed by atoms with E-state index in [1.54, 1.807) is 0 Å². The van der Waals surface area contributed by atoms with Crippen molar-refractivity contribution in [3.63, 3.8) is 0 Å². The van der Waals surface area contributed by atoms with Crippen LogP contribution in [-0.2, 0) is 0 Å². The van der Waals surface area contributed by atoms with Gasteiger partial charge in [0.1, 0.15) is 0 Å². The van der Waals surface area contributed by atoms with Gasteiger partial charge in [-0.3, -0.25) is 0 Å². The van der Waals surface area contributed by atoms with Crippen LogP contribution in [0.5, 0.6) is 0 Å². The fourth-order valence-electron chi connectivity index (χ4n) is 1.43. The Labute approximate surface area is 149 Å². The molecule has 1 nitrogen and oxygen atoms in total. The number of allylic oxidation sites excluding steroid dienone is 1. The second-order valence-corrected chi connectivity index (χ2v) is 2.96. The van der Waals surface area contributed by atoms with Gasteiger partial charge in [0.15, 0.2) is 0 Å². The van der Waals surface area contributed by atoms with Gasteiger partial charge in [-0.25, -0.2) is 0 Å². The summed E-state index contributed by atoms with van der Waals surface area (Å²) in [5.41, 5.74) is 3.32. The normalized spacial score (nSPS) is 8.94. The quantitative estimate of drug-likeness (QED) is 0.734. The minimum Gasteiger partial charge on any atom is -0.684 e. The molecule has 0 N–H and O–H groups in total. The Bertz CT molecular complexity index is 343. The van der Waals surface area contributed by atoms with Gasteiger partial charge in [-0.1, -0.05) is 63.8 Å². The summed E-state index contributed by atoms with van der Waals surface area (Å²) in [5.74, 6) is 0. The Morgan fingerprint density at radius 3 is 2.41 bits per heavy atom. The van der Waals surface area contributed by atoms with E-state index in [-0.39, 0.29) is 51.4 Å². The predicted molar refractivity (Wildman–Crippen MR) is 76.1 cm³/mol. The molecule has 17 heavy (non-hydrogen) atoms. The van der Waals surface area contributed by atoms with Crippen molar-refractivity contribution in [1.82, 2.24) is 0 Å². The second kappa shape index (κ2) is 12.6. The van der Waals surface area contributed by atoms with Crippen LogP contribution in [0, 0.1) is 0 Å².